The normalized spacial score (nSPS) is 16.0. The largest absolute Gasteiger partial charge is 0.496 e. The average Bonchev–Trinajstić information content (AvgIpc) is 2.91. The first kappa shape index (κ1) is 24.1. The van der Waals surface area contributed by atoms with E-state index in [2.05, 4.69) is 4.90 Å². The number of benzene rings is 3. The number of hydrogen-bond donors (Lipinski definition) is 1. The van der Waals surface area contributed by atoms with Crippen LogP contribution in [-0.4, -0.2) is 45.3 Å². The summed E-state index contributed by atoms with van der Waals surface area (Å²) in [6.07, 6.45) is 3.80. The van der Waals surface area contributed by atoms with Crippen LogP contribution < -0.4 is 19.1 Å². The van der Waals surface area contributed by atoms with Gasteiger partial charge in [-0.05, 0) is 53.6 Å². The van der Waals surface area contributed by atoms with Crippen molar-refractivity contribution < 1.29 is 24.1 Å². The molecule has 4 rings (SSSR count). The fourth-order valence-corrected chi connectivity index (χ4v) is 4.19. The highest BCUT2D eigenvalue weighted by Crippen LogP contribution is 2.31. The summed E-state index contributed by atoms with van der Waals surface area (Å²) in [7, 11) is 4.75. The quantitative estimate of drug-likeness (QED) is 0.501. The maximum Gasteiger partial charge on any atom is 0.188 e. The van der Waals surface area contributed by atoms with Crippen molar-refractivity contribution >= 4 is 23.6 Å². The fraction of sp³-hybridized carbons (Fsp3) is 0.207. The number of nitrogens with zero attached hydrogens (tertiary/aromatic N) is 1. The first-order chi connectivity index (χ1) is 17.1. The number of rotatable bonds is 7. The summed E-state index contributed by atoms with van der Waals surface area (Å²) in [5, 5.41) is 9.53. The van der Waals surface area contributed by atoms with Crippen molar-refractivity contribution in [3.63, 3.8) is 0 Å². The van der Waals surface area contributed by atoms with Crippen LogP contribution in [0.25, 0.3) is 12.2 Å². The number of aliphatic hydroxyl groups is 1. The number of methoxy groups -OCH3 is 3. The van der Waals surface area contributed by atoms with Crippen molar-refractivity contribution in [1.82, 2.24) is 0 Å². The molecule has 6 heteroatoms. The number of hydrogen-bond acceptors (Lipinski definition) is 6. The molecule has 3 aromatic carbocycles. The van der Waals surface area contributed by atoms with E-state index < -0.39 is 0 Å². The van der Waals surface area contributed by atoms with Gasteiger partial charge in [0.1, 0.15) is 5.75 Å². The molecule has 0 saturated carbocycles. The predicted octanol–water partition coefficient (Wildman–Crippen LogP) is 4.76. The second-order valence-electron chi connectivity index (χ2n) is 8.20. The number of ketones is 1. The molecular formula is C29H29NO5. The van der Waals surface area contributed by atoms with Crippen LogP contribution in [0, 0.1) is 0 Å². The Kier molecular flexibility index (Phi) is 7.53. The topological polar surface area (TPSA) is 68.2 Å². The lowest BCUT2D eigenvalue weighted by atomic mass is 9.93. The van der Waals surface area contributed by atoms with Gasteiger partial charge in [0.15, 0.2) is 17.3 Å². The summed E-state index contributed by atoms with van der Waals surface area (Å²) >= 11 is 0. The molecule has 6 nitrogen and oxygen atoms in total. The molecule has 1 N–H and O–H groups in total. The standard InChI is InChI=1S/C29H29NO5/c1-33-26-12-10-21(16-28(26)35-3)14-24-18-30(25-7-5-4-6-8-25)17-23(29(24)32)13-20-9-11-22(19-31)27(15-20)34-2/h4-16,31H,17-19H2,1-3H3/b23-13+,24-14+. The zero-order valence-corrected chi connectivity index (χ0v) is 20.2. The highest BCUT2D eigenvalue weighted by Gasteiger charge is 2.26. The molecule has 1 saturated heterocycles. The van der Waals surface area contributed by atoms with Crippen LogP contribution in [-0.2, 0) is 11.4 Å². The van der Waals surface area contributed by atoms with Gasteiger partial charge in [0.2, 0.25) is 0 Å². The molecule has 0 atom stereocenters. The molecule has 35 heavy (non-hydrogen) atoms. The Balaban J connectivity index is 1.75. The molecule has 0 amide bonds. The number of anilines is 1. The number of piperidine rings is 1. The van der Waals surface area contributed by atoms with Crippen LogP contribution in [0.5, 0.6) is 17.2 Å². The minimum absolute atomic E-state index is 0.00262. The van der Waals surface area contributed by atoms with Gasteiger partial charge in [-0.2, -0.15) is 0 Å². The molecule has 0 spiro atoms. The summed E-state index contributed by atoms with van der Waals surface area (Å²) in [5.41, 5.74) is 4.78. The number of ether oxygens (including phenoxy) is 3. The fourth-order valence-electron chi connectivity index (χ4n) is 4.19. The van der Waals surface area contributed by atoms with E-state index in [1.165, 1.54) is 0 Å². The van der Waals surface area contributed by atoms with Crippen molar-refractivity contribution in [2.45, 2.75) is 6.61 Å². The van der Waals surface area contributed by atoms with Crippen LogP contribution in [0.2, 0.25) is 0 Å². The van der Waals surface area contributed by atoms with Crippen molar-refractivity contribution in [1.29, 1.82) is 0 Å². The predicted molar refractivity (Wildman–Crippen MR) is 138 cm³/mol. The second kappa shape index (κ2) is 10.9. The van der Waals surface area contributed by atoms with Gasteiger partial charge in [0.25, 0.3) is 0 Å². The van der Waals surface area contributed by atoms with Gasteiger partial charge in [-0.15, -0.1) is 0 Å². The number of para-hydroxylation sites is 1. The van der Waals surface area contributed by atoms with Crippen molar-refractivity contribution in [2.24, 2.45) is 0 Å². The molecular weight excluding hydrogens is 442 g/mol. The second-order valence-corrected chi connectivity index (χ2v) is 8.20. The molecule has 0 aromatic heterocycles. The zero-order chi connectivity index (χ0) is 24.8. The summed E-state index contributed by atoms with van der Waals surface area (Å²) < 4.78 is 16.2. The number of carbonyl (C=O) groups is 1. The van der Waals surface area contributed by atoms with Gasteiger partial charge < -0.3 is 24.2 Å². The third kappa shape index (κ3) is 5.39. The lowest BCUT2D eigenvalue weighted by molar-refractivity contribution is -0.112. The Morgan fingerprint density at radius 1 is 0.771 bits per heavy atom. The van der Waals surface area contributed by atoms with Gasteiger partial charge in [0.05, 0.1) is 27.9 Å². The highest BCUT2D eigenvalue weighted by atomic mass is 16.5. The molecule has 1 aliphatic heterocycles. The van der Waals surface area contributed by atoms with Crippen LogP contribution in [0.3, 0.4) is 0 Å². The van der Waals surface area contributed by atoms with Crippen LogP contribution in [0.15, 0.2) is 77.9 Å². The Morgan fingerprint density at radius 2 is 1.34 bits per heavy atom. The molecule has 1 heterocycles. The number of Topliss-reactive ketones (excluding diaryl/α,β-unsaturated/α-hetero) is 1. The van der Waals surface area contributed by atoms with Crippen molar-refractivity contribution in [2.75, 3.05) is 39.3 Å². The lowest BCUT2D eigenvalue weighted by Gasteiger charge is -2.31. The molecule has 0 bridgehead atoms. The first-order valence-electron chi connectivity index (χ1n) is 11.3. The highest BCUT2D eigenvalue weighted by molar-refractivity contribution is 6.15. The zero-order valence-electron chi connectivity index (χ0n) is 20.2. The third-order valence-electron chi connectivity index (χ3n) is 6.00. The average molecular weight is 472 g/mol. The third-order valence-corrected chi connectivity index (χ3v) is 6.00. The van der Waals surface area contributed by atoms with Crippen LogP contribution in [0.1, 0.15) is 16.7 Å². The maximum absolute atomic E-state index is 13.6. The van der Waals surface area contributed by atoms with Gasteiger partial charge in [-0.1, -0.05) is 36.4 Å². The Morgan fingerprint density at radius 3 is 1.91 bits per heavy atom. The molecule has 0 radical (unpaired) electrons. The Bertz CT molecular complexity index is 1190. The molecule has 0 aliphatic carbocycles. The smallest absolute Gasteiger partial charge is 0.188 e. The molecule has 180 valence electrons. The van der Waals surface area contributed by atoms with Crippen LogP contribution >= 0.6 is 0 Å². The van der Waals surface area contributed by atoms with E-state index in [4.69, 9.17) is 14.2 Å². The van der Waals surface area contributed by atoms with E-state index in [1.54, 1.807) is 21.3 Å². The van der Waals surface area contributed by atoms with Crippen molar-refractivity contribution in [3.05, 3.63) is 94.6 Å². The molecule has 1 fully saturated rings. The minimum Gasteiger partial charge on any atom is -0.496 e. The van der Waals surface area contributed by atoms with E-state index in [0.717, 1.165) is 16.8 Å². The SMILES string of the molecule is COc1cc(/C=C2\CN(c3ccccc3)C/C(=C\c3ccc(OC)c(OC)c3)C2=O)ccc1CO. The molecule has 1 aliphatic rings. The van der Waals surface area contributed by atoms with Gasteiger partial charge >= 0.3 is 0 Å². The van der Waals surface area contributed by atoms with Crippen LogP contribution in [0.4, 0.5) is 5.69 Å². The minimum atomic E-state index is -0.112. The summed E-state index contributed by atoms with van der Waals surface area (Å²) in [6, 6.07) is 21.2. The number of aliphatic hydroxyl groups excluding tert-OH is 1. The molecule has 0 unspecified atom stereocenters. The lowest BCUT2D eigenvalue weighted by Crippen LogP contribution is -2.37. The Labute approximate surface area is 205 Å². The molecule has 3 aromatic rings. The summed E-state index contributed by atoms with van der Waals surface area (Å²) in [4.78, 5) is 15.8. The van der Waals surface area contributed by atoms with Crippen molar-refractivity contribution in [3.8, 4) is 17.2 Å². The van der Waals surface area contributed by atoms with E-state index in [-0.39, 0.29) is 12.4 Å². The van der Waals surface area contributed by atoms with E-state index in [9.17, 15) is 9.90 Å². The van der Waals surface area contributed by atoms with Gasteiger partial charge in [-0.25, -0.2) is 0 Å². The first-order valence-corrected chi connectivity index (χ1v) is 11.3. The summed E-state index contributed by atoms with van der Waals surface area (Å²) in [5.74, 6) is 1.83. The Hall–Kier alpha value is -4.03. The van der Waals surface area contributed by atoms with E-state index in [0.29, 0.717) is 47.0 Å². The number of carbonyl (C=O) groups excluding carboxylic acids is 1. The van der Waals surface area contributed by atoms with Gasteiger partial charge in [0, 0.05) is 35.5 Å². The maximum atomic E-state index is 13.6. The van der Waals surface area contributed by atoms with E-state index in [1.807, 2.05) is 78.9 Å². The monoisotopic (exact) mass is 471 g/mol. The summed E-state index contributed by atoms with van der Waals surface area (Å²) in [6.45, 7) is 0.858. The van der Waals surface area contributed by atoms with E-state index >= 15 is 0 Å². The van der Waals surface area contributed by atoms with Gasteiger partial charge in [-0.3, -0.25) is 4.79 Å².